The Morgan fingerprint density at radius 1 is 0.826 bits per heavy atom. The van der Waals surface area contributed by atoms with E-state index in [0.29, 0.717) is 24.5 Å². The van der Waals surface area contributed by atoms with Crippen LogP contribution in [0, 0.1) is 32.1 Å². The summed E-state index contributed by atoms with van der Waals surface area (Å²) in [6.45, 7) is 7.12. The molecule has 2 N–H and O–H groups in total. The summed E-state index contributed by atoms with van der Waals surface area (Å²) in [7, 11) is -3.44. The highest BCUT2D eigenvalue weighted by Gasteiger charge is 2.25. The van der Waals surface area contributed by atoms with E-state index in [2.05, 4.69) is 48.5 Å². The minimum atomic E-state index is -3.44. The lowest BCUT2D eigenvalue weighted by Gasteiger charge is -2.22. The van der Waals surface area contributed by atoms with Gasteiger partial charge in [0.1, 0.15) is 0 Å². The number of nitrogens with one attached hydrogen (secondary N) is 2. The van der Waals surface area contributed by atoms with Crippen LogP contribution in [-0.4, -0.2) is 22.7 Å². The number of aromatic nitrogens is 2. The second-order valence-electron chi connectivity index (χ2n) is 11.1. The van der Waals surface area contributed by atoms with Gasteiger partial charge in [-0.3, -0.25) is 4.57 Å². The molecule has 0 unspecified atom stereocenters. The average Bonchev–Trinajstić information content (AvgIpc) is 3.08. The van der Waals surface area contributed by atoms with Crippen molar-refractivity contribution in [2.24, 2.45) is 0 Å². The molecule has 1 heterocycles. The lowest BCUT2D eigenvalue weighted by molar-refractivity contribution is 0.192. The first-order valence-corrected chi connectivity index (χ1v) is 16.9. The van der Waals surface area contributed by atoms with Crippen molar-refractivity contribution in [1.82, 2.24) is 9.97 Å². The molecule has 0 amide bonds. The average molecular weight is 632 g/mol. The third-order valence-corrected chi connectivity index (χ3v) is 9.52. The normalized spacial score (nSPS) is 11.2. The highest BCUT2D eigenvalue weighted by Crippen LogP contribution is 2.49. The summed E-state index contributed by atoms with van der Waals surface area (Å²) >= 11 is 0. The van der Waals surface area contributed by atoms with Crippen LogP contribution in [0.3, 0.4) is 0 Å². The molecular weight excluding hydrogens is 593 g/mol. The van der Waals surface area contributed by atoms with Crippen molar-refractivity contribution in [3.05, 3.63) is 148 Å². The van der Waals surface area contributed by atoms with Crippen LogP contribution in [0.2, 0.25) is 0 Å². The maximum absolute atomic E-state index is 14.0. The Labute approximate surface area is 271 Å². The Bertz CT molecular complexity index is 1790. The minimum Gasteiger partial charge on any atom is -0.384 e. The zero-order valence-electron chi connectivity index (χ0n) is 26.4. The van der Waals surface area contributed by atoms with Crippen molar-refractivity contribution in [3.8, 4) is 6.07 Å². The first-order chi connectivity index (χ1) is 22.3. The summed E-state index contributed by atoms with van der Waals surface area (Å²) < 4.78 is 25.9. The summed E-state index contributed by atoms with van der Waals surface area (Å²) in [6, 6.07) is 32.8. The molecule has 46 heavy (non-hydrogen) atoms. The van der Waals surface area contributed by atoms with Gasteiger partial charge >= 0.3 is 7.60 Å². The van der Waals surface area contributed by atoms with Gasteiger partial charge in [-0.25, -0.2) is 9.97 Å². The van der Waals surface area contributed by atoms with E-state index in [9.17, 15) is 4.57 Å². The monoisotopic (exact) mass is 631 g/mol. The van der Waals surface area contributed by atoms with Crippen molar-refractivity contribution in [2.45, 2.75) is 40.4 Å². The third-order valence-electron chi connectivity index (χ3n) is 7.70. The van der Waals surface area contributed by atoms with Crippen LogP contribution >= 0.6 is 7.60 Å². The van der Waals surface area contributed by atoms with Gasteiger partial charge in [-0.2, -0.15) is 5.26 Å². The largest absolute Gasteiger partial charge is 0.384 e. The lowest BCUT2D eigenvalue weighted by atomic mass is 9.94. The molecule has 5 rings (SSSR count). The van der Waals surface area contributed by atoms with Crippen molar-refractivity contribution in [2.75, 3.05) is 23.3 Å². The molecule has 5 aromatic rings. The zero-order valence-corrected chi connectivity index (χ0v) is 27.3. The number of nitrogens with zero attached hydrogens (tertiary/aromatic N) is 3. The smallest absolute Gasteiger partial charge is 0.333 e. The zero-order chi connectivity index (χ0) is 32.4. The number of aryl methyl sites for hydroxylation is 2. The highest BCUT2D eigenvalue weighted by atomic mass is 31.2. The second kappa shape index (κ2) is 15.5. The number of nitriles is 1. The third kappa shape index (κ3) is 8.89. The van der Waals surface area contributed by atoms with Gasteiger partial charge in [0.15, 0.2) is 0 Å². The molecule has 0 saturated carbocycles. The van der Waals surface area contributed by atoms with Gasteiger partial charge in [-0.15, -0.1) is 0 Å². The van der Waals surface area contributed by atoms with Crippen LogP contribution in [-0.2, 0) is 33.2 Å². The van der Waals surface area contributed by atoms with Gasteiger partial charge < -0.3 is 19.7 Å². The summed E-state index contributed by atoms with van der Waals surface area (Å²) in [5.41, 5.74) is 9.72. The standard InChI is InChI=1S/C37H38N5O3P/c1-27-22-28(2)36(29(3)35(27)23-34-18-19-40-37(42-34)41-33-16-14-30(24-38)15-17-33)39-20-21-46(43,44-25-31-10-6-4-7-11-31)45-26-32-12-8-5-9-13-32/h4-19,22,39H,20-21,23,25-26H2,1-3H3,(H,40,41,42). The molecule has 1 aromatic heterocycles. The molecule has 0 radical (unpaired) electrons. The van der Waals surface area contributed by atoms with Gasteiger partial charge in [-0.05, 0) is 84.5 Å². The maximum atomic E-state index is 14.0. The topological polar surface area (TPSA) is 109 Å². The quantitative estimate of drug-likeness (QED) is 0.117. The molecule has 9 heteroatoms. The predicted molar refractivity (Wildman–Crippen MR) is 183 cm³/mol. The number of hydrogen-bond donors (Lipinski definition) is 2. The number of anilines is 3. The van der Waals surface area contributed by atoms with Crippen LogP contribution in [0.5, 0.6) is 0 Å². The van der Waals surface area contributed by atoms with Crippen LogP contribution in [0.4, 0.5) is 17.3 Å². The molecule has 0 aliphatic rings. The van der Waals surface area contributed by atoms with E-state index < -0.39 is 7.60 Å². The molecule has 234 valence electrons. The van der Waals surface area contributed by atoms with Crippen LogP contribution in [0.1, 0.15) is 44.6 Å². The van der Waals surface area contributed by atoms with Crippen molar-refractivity contribution >= 4 is 24.9 Å². The summed E-state index contributed by atoms with van der Waals surface area (Å²) in [4.78, 5) is 9.13. The van der Waals surface area contributed by atoms with Gasteiger partial charge in [0.2, 0.25) is 5.95 Å². The lowest BCUT2D eigenvalue weighted by Crippen LogP contribution is -2.13. The summed E-state index contributed by atoms with van der Waals surface area (Å²) in [5, 5.41) is 15.8. The number of rotatable bonds is 14. The van der Waals surface area contributed by atoms with E-state index in [1.165, 1.54) is 11.1 Å². The minimum absolute atomic E-state index is 0.209. The fourth-order valence-electron chi connectivity index (χ4n) is 5.24. The van der Waals surface area contributed by atoms with E-state index in [4.69, 9.17) is 19.3 Å². The van der Waals surface area contributed by atoms with E-state index >= 15 is 0 Å². The maximum Gasteiger partial charge on any atom is 0.333 e. The van der Waals surface area contributed by atoms with E-state index in [1.807, 2.05) is 78.9 Å². The second-order valence-corrected chi connectivity index (χ2v) is 13.3. The van der Waals surface area contributed by atoms with E-state index in [0.717, 1.165) is 39.3 Å². The van der Waals surface area contributed by atoms with Crippen molar-refractivity contribution < 1.29 is 13.6 Å². The van der Waals surface area contributed by atoms with E-state index in [-0.39, 0.29) is 19.4 Å². The van der Waals surface area contributed by atoms with E-state index in [1.54, 1.807) is 18.3 Å². The fourth-order valence-corrected chi connectivity index (χ4v) is 6.65. The van der Waals surface area contributed by atoms with Crippen molar-refractivity contribution in [3.63, 3.8) is 0 Å². The van der Waals surface area contributed by atoms with Gasteiger partial charge in [0.25, 0.3) is 0 Å². The molecule has 0 fully saturated rings. The Hall–Kier alpha value is -4.80. The Balaban J connectivity index is 1.28. The van der Waals surface area contributed by atoms with Crippen molar-refractivity contribution in [1.29, 1.82) is 5.26 Å². The van der Waals surface area contributed by atoms with Gasteiger partial charge in [0, 0.05) is 30.5 Å². The SMILES string of the molecule is Cc1cc(C)c(NCCP(=O)(OCc2ccccc2)OCc2ccccc2)c(C)c1Cc1ccnc(Nc2ccc(C#N)cc2)n1. The first-order valence-electron chi connectivity index (χ1n) is 15.2. The van der Waals surface area contributed by atoms with Gasteiger partial charge in [-0.1, -0.05) is 66.7 Å². The number of hydrogen-bond acceptors (Lipinski definition) is 8. The molecule has 0 aliphatic heterocycles. The van der Waals surface area contributed by atoms with Gasteiger partial charge in [0.05, 0.1) is 36.7 Å². The summed E-state index contributed by atoms with van der Waals surface area (Å²) in [5.74, 6) is 0.490. The molecule has 8 nitrogen and oxygen atoms in total. The molecule has 0 spiro atoms. The molecule has 4 aromatic carbocycles. The Kier molecular flexibility index (Phi) is 11.0. The molecular formula is C37H38N5O3P. The fraction of sp³-hybridized carbons (Fsp3) is 0.216. The van der Waals surface area contributed by atoms with Crippen LogP contribution < -0.4 is 10.6 Å². The molecule has 0 aliphatic carbocycles. The van der Waals surface area contributed by atoms with Crippen LogP contribution in [0.25, 0.3) is 0 Å². The predicted octanol–water partition coefficient (Wildman–Crippen LogP) is 8.65. The highest BCUT2D eigenvalue weighted by molar-refractivity contribution is 7.53. The first kappa shape index (κ1) is 32.6. The summed E-state index contributed by atoms with van der Waals surface area (Å²) in [6.07, 6.45) is 2.58. The molecule has 0 saturated heterocycles. The molecule has 0 bridgehead atoms. The number of benzene rings is 4. The molecule has 0 atom stereocenters. The van der Waals surface area contributed by atoms with Crippen LogP contribution in [0.15, 0.2) is 103 Å². The Morgan fingerprint density at radius 3 is 2.07 bits per heavy atom. The Morgan fingerprint density at radius 2 is 1.46 bits per heavy atom.